The average molecular weight is 85.1 g/mol. The largest absolute Gasteiger partial charge is 0.316 e. The second-order valence-electron chi connectivity index (χ2n) is 1.51. The van der Waals surface area contributed by atoms with Crippen LogP contribution in [-0.4, -0.2) is 17.9 Å². The van der Waals surface area contributed by atoms with E-state index in [-0.39, 0.29) is 0 Å². The minimum absolute atomic E-state index is 0.980. The van der Waals surface area contributed by atoms with Crippen molar-refractivity contribution in [1.82, 2.24) is 0 Å². The summed E-state index contributed by atoms with van der Waals surface area (Å²) in [4.78, 5) is 0. The van der Waals surface area contributed by atoms with Crippen LogP contribution >= 0.6 is 0 Å². The zero-order valence-electron chi connectivity index (χ0n) is 4.02. The lowest BCUT2D eigenvalue weighted by atomic mass is 10.5. The van der Waals surface area contributed by atoms with Gasteiger partial charge in [0.1, 0.15) is 0 Å². The summed E-state index contributed by atoms with van der Waals surface area (Å²) in [6.45, 7) is 4.29. The minimum atomic E-state index is 0.980. The van der Waals surface area contributed by atoms with Crippen molar-refractivity contribution in [1.29, 1.82) is 0 Å². The molecule has 0 saturated heterocycles. The van der Waals surface area contributed by atoms with Crippen LogP contribution in [0.25, 0.3) is 0 Å². The number of rotatable bonds is 2. The Kier molecular flexibility index (Phi) is 0.862. The van der Waals surface area contributed by atoms with Crippen LogP contribution in [0.3, 0.4) is 0 Å². The molecule has 0 radical (unpaired) electrons. The van der Waals surface area contributed by atoms with Crippen LogP contribution in [0, 0.1) is 0 Å². The molecule has 2 nitrogen and oxygen atoms in total. The maximum atomic E-state index is 3.93. The molecule has 1 aliphatic rings. The van der Waals surface area contributed by atoms with E-state index < -0.39 is 0 Å². The molecule has 2 heteroatoms. The third-order valence-corrected chi connectivity index (χ3v) is 0.823. The second kappa shape index (κ2) is 1.37. The van der Waals surface area contributed by atoms with Crippen molar-refractivity contribution in [3.63, 3.8) is 0 Å². The Balaban J connectivity index is 2.02. The summed E-state index contributed by atoms with van der Waals surface area (Å²) in [6.07, 6.45) is 1.23. The molecule has 0 aliphatic carbocycles. The van der Waals surface area contributed by atoms with Gasteiger partial charge in [-0.1, -0.05) is 11.6 Å². The monoisotopic (exact) mass is 85.1 g/mol. The molecular formula is C4H9N2+. The summed E-state index contributed by atoms with van der Waals surface area (Å²) >= 11 is 0. The lowest BCUT2D eigenvalue weighted by molar-refractivity contribution is -0.463. The van der Waals surface area contributed by atoms with Crippen LogP contribution < -0.4 is 0 Å². The number of nitrogens with zero attached hydrogens (tertiary/aromatic N) is 2. The number of hydrogen-bond acceptors (Lipinski definition) is 1. The Hall–Kier alpha value is -0.400. The predicted octanol–water partition coefficient (Wildman–Crippen LogP) is 0.832. The molecule has 0 unspecified atom stereocenters. The third-order valence-electron chi connectivity index (χ3n) is 0.823. The molecule has 0 bridgehead atoms. The molecular weight excluding hydrogens is 76.1 g/mol. The molecule has 0 fully saturated rings. The maximum absolute atomic E-state index is 3.93. The first-order valence-electron chi connectivity index (χ1n) is 2.36. The van der Waals surface area contributed by atoms with Crippen LogP contribution in [0.1, 0.15) is 13.3 Å². The van der Waals surface area contributed by atoms with Gasteiger partial charge in [0.05, 0.1) is 0 Å². The lowest BCUT2D eigenvalue weighted by Gasteiger charge is -1.69. The molecule has 34 valence electrons. The highest BCUT2D eigenvalue weighted by molar-refractivity contribution is 4.24. The van der Waals surface area contributed by atoms with Crippen LogP contribution in [0.4, 0.5) is 0 Å². The molecule has 0 aromatic rings. The van der Waals surface area contributed by atoms with Gasteiger partial charge in [0.15, 0.2) is 6.54 Å². The first-order valence-corrected chi connectivity index (χ1v) is 2.36. The van der Waals surface area contributed by atoms with E-state index in [2.05, 4.69) is 16.7 Å². The van der Waals surface area contributed by atoms with Crippen LogP contribution in [-0.2, 0) is 0 Å². The summed E-state index contributed by atoms with van der Waals surface area (Å²) in [5, 5.41) is 3.93. The fraction of sp³-hybridized carbons (Fsp3) is 1.00. The van der Waals surface area contributed by atoms with Gasteiger partial charge in [-0.05, 0) is 0 Å². The highest BCUT2D eigenvalue weighted by Gasteiger charge is 2.16. The SMILES string of the molecule is CCC[N+]1=NC1. The molecule has 0 saturated carbocycles. The highest BCUT2D eigenvalue weighted by Crippen LogP contribution is 1.94. The van der Waals surface area contributed by atoms with Crippen molar-refractivity contribution in [2.24, 2.45) is 5.11 Å². The van der Waals surface area contributed by atoms with Gasteiger partial charge in [-0.15, -0.1) is 0 Å². The normalized spacial score (nSPS) is 17.2. The van der Waals surface area contributed by atoms with Crippen molar-refractivity contribution in [2.45, 2.75) is 13.3 Å². The Morgan fingerprint density at radius 2 is 2.50 bits per heavy atom. The third kappa shape index (κ3) is 0.776. The molecule has 0 amide bonds. The number of hydrogen-bond donors (Lipinski definition) is 0. The molecule has 0 atom stereocenters. The molecule has 1 rings (SSSR count). The van der Waals surface area contributed by atoms with Crippen LogP contribution in [0.2, 0.25) is 0 Å². The summed E-state index contributed by atoms with van der Waals surface area (Å²) in [6, 6.07) is 0. The van der Waals surface area contributed by atoms with E-state index in [4.69, 9.17) is 0 Å². The zero-order valence-corrected chi connectivity index (χ0v) is 4.02. The first-order chi connectivity index (χ1) is 2.93. The van der Waals surface area contributed by atoms with E-state index >= 15 is 0 Å². The Bertz CT molecular complexity index is 75.6. The molecule has 6 heavy (non-hydrogen) atoms. The summed E-state index contributed by atoms with van der Waals surface area (Å²) < 4.78 is 2.06. The fourth-order valence-electron chi connectivity index (χ4n) is 0.444. The van der Waals surface area contributed by atoms with E-state index in [1.54, 1.807) is 0 Å². The highest BCUT2D eigenvalue weighted by atomic mass is 15.5. The van der Waals surface area contributed by atoms with E-state index in [9.17, 15) is 0 Å². The van der Waals surface area contributed by atoms with Crippen molar-refractivity contribution in [2.75, 3.05) is 13.2 Å². The van der Waals surface area contributed by atoms with E-state index in [1.807, 2.05) is 0 Å². The van der Waals surface area contributed by atoms with Gasteiger partial charge in [-0.2, -0.15) is 0 Å². The topological polar surface area (TPSA) is 15.4 Å². The van der Waals surface area contributed by atoms with Gasteiger partial charge >= 0.3 is 6.67 Å². The first kappa shape index (κ1) is 3.78. The quantitative estimate of drug-likeness (QED) is 0.441. The van der Waals surface area contributed by atoms with Crippen LogP contribution in [0.15, 0.2) is 5.11 Å². The van der Waals surface area contributed by atoms with Crippen molar-refractivity contribution >= 4 is 0 Å². The standard InChI is InChI=1S/C4H9N2/c1-2-3-6-4-5-6/h2-4H2,1H3/q+1. The Morgan fingerprint density at radius 3 is 2.67 bits per heavy atom. The molecule has 0 spiro atoms. The van der Waals surface area contributed by atoms with Crippen LogP contribution in [0.5, 0.6) is 0 Å². The van der Waals surface area contributed by atoms with Gasteiger partial charge in [0.25, 0.3) is 0 Å². The van der Waals surface area contributed by atoms with Crippen molar-refractivity contribution in [3.05, 3.63) is 0 Å². The van der Waals surface area contributed by atoms with E-state index in [0.29, 0.717) is 0 Å². The van der Waals surface area contributed by atoms with Gasteiger partial charge in [0.2, 0.25) is 0 Å². The van der Waals surface area contributed by atoms with Gasteiger partial charge < -0.3 is 0 Å². The van der Waals surface area contributed by atoms with Gasteiger partial charge in [0, 0.05) is 11.5 Å². The van der Waals surface area contributed by atoms with E-state index in [1.165, 1.54) is 6.42 Å². The summed E-state index contributed by atoms with van der Waals surface area (Å²) in [5.74, 6) is 0. The molecule has 0 aromatic carbocycles. The smallest absolute Gasteiger partial charge is 0.0944 e. The maximum Gasteiger partial charge on any atom is 0.316 e. The summed E-state index contributed by atoms with van der Waals surface area (Å²) in [7, 11) is 0. The second-order valence-corrected chi connectivity index (χ2v) is 1.51. The van der Waals surface area contributed by atoms with E-state index in [0.717, 1.165) is 13.2 Å². The van der Waals surface area contributed by atoms with Gasteiger partial charge in [-0.3, -0.25) is 0 Å². The number of azo groups is 1. The lowest BCUT2D eigenvalue weighted by Crippen LogP contribution is -1.89. The molecule has 1 aliphatic heterocycles. The van der Waals surface area contributed by atoms with Crippen molar-refractivity contribution < 1.29 is 4.70 Å². The fourth-order valence-corrected chi connectivity index (χ4v) is 0.444. The minimum Gasteiger partial charge on any atom is -0.0944 e. The predicted molar refractivity (Wildman–Crippen MR) is 22.7 cm³/mol. The van der Waals surface area contributed by atoms with Gasteiger partial charge in [-0.25, -0.2) is 0 Å². The molecule has 0 aromatic heterocycles. The zero-order chi connectivity index (χ0) is 4.41. The summed E-state index contributed by atoms with van der Waals surface area (Å²) in [5.41, 5.74) is 0. The molecule has 0 N–H and O–H groups in total. The Morgan fingerprint density at radius 1 is 1.83 bits per heavy atom. The Labute approximate surface area is 37.5 Å². The van der Waals surface area contributed by atoms with Crippen molar-refractivity contribution in [3.8, 4) is 0 Å². The average Bonchev–Trinajstić information content (AvgIpc) is 2.21. The molecule has 1 heterocycles.